The van der Waals surface area contributed by atoms with Crippen molar-refractivity contribution in [2.45, 2.75) is 24.9 Å². The topological polar surface area (TPSA) is 92.4 Å². The molecular weight excluding hydrogens is 228 g/mol. The first-order valence-corrected chi connectivity index (χ1v) is 6.13. The quantitative estimate of drug-likeness (QED) is 0.533. The van der Waals surface area contributed by atoms with Gasteiger partial charge in [-0.15, -0.1) is 12.3 Å². The van der Waals surface area contributed by atoms with Gasteiger partial charge in [0.1, 0.15) is 6.04 Å². The predicted molar refractivity (Wildman–Crippen MR) is 64.0 cm³/mol. The lowest BCUT2D eigenvalue weighted by Gasteiger charge is -2.16. The van der Waals surface area contributed by atoms with Crippen LogP contribution in [-0.2, 0) is 9.59 Å². The van der Waals surface area contributed by atoms with Crippen LogP contribution < -0.4 is 11.1 Å². The molecule has 0 heterocycles. The van der Waals surface area contributed by atoms with E-state index in [9.17, 15) is 9.59 Å². The zero-order valence-electron chi connectivity index (χ0n) is 9.10. The Labute approximate surface area is 99.2 Å². The Kier molecular flexibility index (Phi) is 7.42. The maximum atomic E-state index is 11.4. The van der Waals surface area contributed by atoms with Gasteiger partial charge in [0.25, 0.3) is 0 Å². The smallest absolute Gasteiger partial charge is 0.326 e. The number of thioether (sulfide) groups is 1. The molecule has 90 valence electrons. The summed E-state index contributed by atoms with van der Waals surface area (Å²) in [7, 11) is 0. The van der Waals surface area contributed by atoms with Gasteiger partial charge in [0.05, 0.1) is 6.04 Å². The third-order valence-corrected chi connectivity index (χ3v) is 2.54. The lowest BCUT2D eigenvalue weighted by atomic mass is 10.1. The van der Waals surface area contributed by atoms with E-state index in [1.54, 1.807) is 0 Å². The molecule has 1 unspecified atom stereocenters. The number of carbonyl (C=O) groups excluding carboxylic acids is 1. The zero-order valence-corrected chi connectivity index (χ0v) is 9.92. The highest BCUT2D eigenvalue weighted by Gasteiger charge is 2.22. The summed E-state index contributed by atoms with van der Waals surface area (Å²) in [6.45, 7) is 0. The Morgan fingerprint density at radius 2 is 2.25 bits per heavy atom. The number of rotatable bonds is 7. The molecule has 6 heteroatoms. The Balaban J connectivity index is 4.23. The highest BCUT2D eigenvalue weighted by molar-refractivity contribution is 7.98. The van der Waals surface area contributed by atoms with Gasteiger partial charge in [-0.2, -0.15) is 11.8 Å². The molecule has 0 aromatic rings. The number of nitrogens with one attached hydrogen (secondary N) is 1. The van der Waals surface area contributed by atoms with Crippen molar-refractivity contribution in [1.82, 2.24) is 5.32 Å². The van der Waals surface area contributed by atoms with Crippen molar-refractivity contribution in [2.75, 3.05) is 12.0 Å². The molecule has 2 atom stereocenters. The van der Waals surface area contributed by atoms with Gasteiger partial charge in [-0.1, -0.05) is 0 Å². The van der Waals surface area contributed by atoms with Crippen LogP contribution in [0.25, 0.3) is 0 Å². The van der Waals surface area contributed by atoms with Gasteiger partial charge in [-0.3, -0.25) is 4.79 Å². The van der Waals surface area contributed by atoms with Crippen LogP contribution in [0.2, 0.25) is 0 Å². The molecule has 0 aromatic heterocycles. The van der Waals surface area contributed by atoms with Crippen LogP contribution in [0, 0.1) is 12.3 Å². The maximum Gasteiger partial charge on any atom is 0.326 e. The number of hydrogen-bond donors (Lipinski definition) is 3. The molecule has 1 amide bonds. The lowest BCUT2D eigenvalue weighted by Crippen LogP contribution is -2.48. The van der Waals surface area contributed by atoms with E-state index in [-0.39, 0.29) is 6.42 Å². The lowest BCUT2D eigenvalue weighted by molar-refractivity contribution is -0.142. The highest BCUT2D eigenvalue weighted by Crippen LogP contribution is 2.01. The second-order valence-corrected chi connectivity index (χ2v) is 4.18. The minimum absolute atomic E-state index is 0.0979. The van der Waals surface area contributed by atoms with Gasteiger partial charge in [0, 0.05) is 6.42 Å². The van der Waals surface area contributed by atoms with Crippen LogP contribution in [0.5, 0.6) is 0 Å². The second kappa shape index (κ2) is 8.02. The van der Waals surface area contributed by atoms with Gasteiger partial charge in [0.2, 0.25) is 5.91 Å². The van der Waals surface area contributed by atoms with Crippen LogP contribution in [0.1, 0.15) is 12.8 Å². The molecule has 0 spiro atoms. The number of carbonyl (C=O) groups is 2. The number of hydrogen-bond acceptors (Lipinski definition) is 4. The van der Waals surface area contributed by atoms with Gasteiger partial charge >= 0.3 is 5.97 Å². The van der Waals surface area contributed by atoms with Gasteiger partial charge in [-0.25, -0.2) is 4.79 Å². The average Bonchev–Trinajstić information content (AvgIpc) is 2.23. The molecule has 0 aliphatic carbocycles. The van der Waals surface area contributed by atoms with Crippen molar-refractivity contribution in [3.05, 3.63) is 0 Å². The molecule has 4 N–H and O–H groups in total. The number of nitrogens with two attached hydrogens (primary N) is 1. The Morgan fingerprint density at radius 3 is 2.69 bits per heavy atom. The fourth-order valence-electron chi connectivity index (χ4n) is 0.992. The minimum atomic E-state index is -1.06. The fourth-order valence-corrected chi connectivity index (χ4v) is 1.46. The molecule has 0 fully saturated rings. The largest absolute Gasteiger partial charge is 0.480 e. The summed E-state index contributed by atoms with van der Waals surface area (Å²) < 4.78 is 0. The van der Waals surface area contributed by atoms with E-state index in [0.29, 0.717) is 12.2 Å². The highest BCUT2D eigenvalue weighted by atomic mass is 32.2. The van der Waals surface area contributed by atoms with E-state index >= 15 is 0 Å². The van der Waals surface area contributed by atoms with E-state index in [2.05, 4.69) is 11.2 Å². The Bertz CT molecular complexity index is 288. The summed E-state index contributed by atoms with van der Waals surface area (Å²) in [5.41, 5.74) is 5.45. The summed E-state index contributed by atoms with van der Waals surface area (Å²) in [5, 5.41) is 11.2. The molecule has 0 radical (unpaired) electrons. The maximum absolute atomic E-state index is 11.4. The van der Waals surface area contributed by atoms with Crippen molar-refractivity contribution in [2.24, 2.45) is 5.73 Å². The number of carboxylic acid groups (broad SMARTS) is 1. The number of terminal acetylenes is 1. The first-order valence-electron chi connectivity index (χ1n) is 4.74. The summed E-state index contributed by atoms with van der Waals surface area (Å²) in [6, 6.07) is -1.75. The van der Waals surface area contributed by atoms with E-state index < -0.39 is 24.0 Å². The summed E-state index contributed by atoms with van der Waals surface area (Å²) in [6.07, 6.45) is 7.34. The Morgan fingerprint density at radius 1 is 1.62 bits per heavy atom. The molecule has 0 rings (SSSR count). The van der Waals surface area contributed by atoms with E-state index in [1.165, 1.54) is 11.8 Å². The number of carboxylic acids is 1. The number of aliphatic carboxylic acids is 1. The average molecular weight is 244 g/mol. The molecule has 0 saturated carbocycles. The summed E-state index contributed by atoms with van der Waals surface area (Å²) >= 11 is 1.51. The van der Waals surface area contributed by atoms with E-state index in [4.69, 9.17) is 17.3 Å². The molecule has 0 saturated heterocycles. The molecule has 0 bridgehead atoms. The van der Waals surface area contributed by atoms with Crippen LogP contribution in [-0.4, -0.2) is 41.1 Å². The standard InChI is InChI=1S/C10H16N2O3S/c1-3-4-7(11)9(13)12-8(10(14)15)5-6-16-2/h1,7-8H,4-6,11H2,2H3,(H,12,13)(H,14,15)/t7?,8-/m0/s1. The summed E-state index contributed by atoms with van der Waals surface area (Å²) in [5.74, 6) is 1.33. The fraction of sp³-hybridized carbons (Fsp3) is 0.600. The predicted octanol–water partition coefficient (Wildman–Crippen LogP) is -0.340. The Hall–Kier alpha value is -1.19. The third-order valence-electron chi connectivity index (χ3n) is 1.90. The SMILES string of the molecule is C#CCC(N)C(=O)N[C@@H](CCSC)C(=O)O. The van der Waals surface area contributed by atoms with Crippen molar-refractivity contribution in [3.8, 4) is 12.3 Å². The normalized spacial score (nSPS) is 13.6. The van der Waals surface area contributed by atoms with Crippen LogP contribution in [0.4, 0.5) is 0 Å². The first kappa shape index (κ1) is 14.8. The first-order chi connectivity index (χ1) is 7.52. The van der Waals surface area contributed by atoms with Gasteiger partial charge in [-0.05, 0) is 18.4 Å². The van der Waals surface area contributed by atoms with Crippen LogP contribution >= 0.6 is 11.8 Å². The monoisotopic (exact) mass is 244 g/mol. The summed E-state index contributed by atoms with van der Waals surface area (Å²) in [4.78, 5) is 22.2. The molecular formula is C10H16N2O3S. The van der Waals surface area contributed by atoms with E-state index in [0.717, 1.165) is 0 Å². The van der Waals surface area contributed by atoms with Gasteiger partial charge < -0.3 is 16.2 Å². The molecule has 0 aliphatic heterocycles. The molecule has 0 aromatic carbocycles. The van der Waals surface area contributed by atoms with Crippen molar-refractivity contribution >= 4 is 23.6 Å². The van der Waals surface area contributed by atoms with Crippen LogP contribution in [0.15, 0.2) is 0 Å². The molecule has 5 nitrogen and oxygen atoms in total. The van der Waals surface area contributed by atoms with Crippen molar-refractivity contribution in [3.63, 3.8) is 0 Å². The zero-order chi connectivity index (χ0) is 12.6. The molecule has 16 heavy (non-hydrogen) atoms. The third kappa shape index (κ3) is 5.63. The number of amides is 1. The van der Waals surface area contributed by atoms with Crippen molar-refractivity contribution in [1.29, 1.82) is 0 Å². The van der Waals surface area contributed by atoms with Crippen LogP contribution in [0.3, 0.4) is 0 Å². The van der Waals surface area contributed by atoms with Crippen molar-refractivity contribution < 1.29 is 14.7 Å². The molecule has 0 aliphatic rings. The van der Waals surface area contributed by atoms with Gasteiger partial charge in [0.15, 0.2) is 0 Å². The second-order valence-electron chi connectivity index (χ2n) is 3.20. The van der Waals surface area contributed by atoms with E-state index in [1.807, 2.05) is 6.26 Å². The minimum Gasteiger partial charge on any atom is -0.480 e.